The summed E-state index contributed by atoms with van der Waals surface area (Å²) in [5.74, 6) is -0.941. The number of rotatable bonds is 8. The van der Waals surface area contributed by atoms with E-state index >= 15 is 0 Å². The molecule has 4 rings (SSSR count). The Hall–Kier alpha value is -4.45. The molecule has 0 bridgehead atoms. The number of aromatic nitrogens is 5. The number of nitrogens with zero attached hydrogens (tertiary/aromatic N) is 5. The summed E-state index contributed by atoms with van der Waals surface area (Å²) in [6, 6.07) is 6.64. The molecule has 35 heavy (non-hydrogen) atoms. The van der Waals surface area contributed by atoms with E-state index in [1.54, 1.807) is 19.4 Å². The minimum Gasteiger partial charge on any atom is -0.494 e. The third-order valence-electron chi connectivity index (χ3n) is 4.84. The standard InChI is InChI=1S/C23H20N6O5S/c1-12-6-16(17-7-13(2)25-10-19(17)33-3)18(9-24-12)20(30)27-22-28-29-23(35-22)34-11-15-5-4-14(8-26-15)21(31)32/h4-10H,11H2,1-3H3,(H,31,32)(H,27,28,30). The molecule has 0 aliphatic rings. The van der Waals surface area contributed by atoms with Crippen LogP contribution < -0.4 is 14.8 Å². The lowest BCUT2D eigenvalue weighted by molar-refractivity contribution is 0.0696. The van der Waals surface area contributed by atoms with Gasteiger partial charge in [0.05, 0.1) is 30.1 Å². The summed E-state index contributed by atoms with van der Waals surface area (Å²) in [6.45, 7) is 3.76. The topological polar surface area (TPSA) is 149 Å². The molecule has 11 nitrogen and oxygen atoms in total. The van der Waals surface area contributed by atoms with Crippen LogP contribution in [-0.2, 0) is 6.61 Å². The number of hydrogen-bond donors (Lipinski definition) is 2. The van der Waals surface area contributed by atoms with Crippen molar-refractivity contribution in [1.82, 2.24) is 25.1 Å². The number of aromatic carboxylic acids is 1. The van der Waals surface area contributed by atoms with Gasteiger partial charge in [-0.3, -0.25) is 25.1 Å². The van der Waals surface area contributed by atoms with E-state index in [-0.39, 0.29) is 22.5 Å². The van der Waals surface area contributed by atoms with E-state index in [2.05, 4.69) is 30.5 Å². The zero-order valence-electron chi connectivity index (χ0n) is 19.0. The summed E-state index contributed by atoms with van der Waals surface area (Å²) >= 11 is 1.04. The van der Waals surface area contributed by atoms with Gasteiger partial charge in [0.25, 0.3) is 11.1 Å². The number of aryl methyl sites for hydroxylation is 2. The molecule has 0 radical (unpaired) electrons. The Balaban J connectivity index is 1.49. The number of ether oxygens (including phenoxy) is 2. The molecule has 178 valence electrons. The Bertz CT molecular complexity index is 1390. The molecule has 0 unspecified atom stereocenters. The molecule has 0 aliphatic carbocycles. The van der Waals surface area contributed by atoms with Gasteiger partial charge in [-0.15, -0.1) is 5.10 Å². The third kappa shape index (κ3) is 5.55. The van der Waals surface area contributed by atoms with Crippen LogP contribution in [0.2, 0.25) is 0 Å². The van der Waals surface area contributed by atoms with Crippen molar-refractivity contribution >= 4 is 28.3 Å². The van der Waals surface area contributed by atoms with Crippen molar-refractivity contribution in [3.63, 3.8) is 0 Å². The number of hydrogen-bond acceptors (Lipinski definition) is 10. The van der Waals surface area contributed by atoms with E-state index in [0.29, 0.717) is 22.6 Å². The molecule has 4 heterocycles. The molecule has 0 aliphatic heterocycles. The molecule has 2 N–H and O–H groups in total. The van der Waals surface area contributed by atoms with E-state index in [9.17, 15) is 9.59 Å². The Morgan fingerprint density at radius 3 is 2.43 bits per heavy atom. The number of nitrogens with one attached hydrogen (secondary N) is 1. The average Bonchev–Trinajstić information content (AvgIpc) is 3.30. The first-order valence-electron chi connectivity index (χ1n) is 10.3. The monoisotopic (exact) mass is 492 g/mol. The molecule has 0 saturated carbocycles. The van der Waals surface area contributed by atoms with Crippen molar-refractivity contribution in [2.24, 2.45) is 0 Å². The molecule has 0 atom stereocenters. The fourth-order valence-corrected chi connectivity index (χ4v) is 3.73. The minimum absolute atomic E-state index is 0.0652. The number of carboxylic acids is 1. The minimum atomic E-state index is -1.06. The van der Waals surface area contributed by atoms with Crippen molar-refractivity contribution in [2.45, 2.75) is 20.5 Å². The Morgan fingerprint density at radius 2 is 1.74 bits per heavy atom. The van der Waals surface area contributed by atoms with Gasteiger partial charge in [-0.2, -0.15) is 0 Å². The van der Waals surface area contributed by atoms with Crippen LogP contribution in [0.3, 0.4) is 0 Å². The van der Waals surface area contributed by atoms with E-state index in [4.69, 9.17) is 14.6 Å². The molecular weight excluding hydrogens is 472 g/mol. The second-order valence-corrected chi connectivity index (χ2v) is 8.30. The average molecular weight is 493 g/mol. The molecule has 4 aromatic rings. The van der Waals surface area contributed by atoms with Gasteiger partial charge >= 0.3 is 5.97 Å². The molecule has 0 aromatic carbocycles. The molecular formula is C23H20N6O5S. The Morgan fingerprint density at radius 1 is 1.00 bits per heavy atom. The van der Waals surface area contributed by atoms with Crippen molar-refractivity contribution in [2.75, 3.05) is 12.4 Å². The maximum atomic E-state index is 13.1. The zero-order chi connectivity index (χ0) is 24.9. The molecule has 0 fully saturated rings. The van der Waals surface area contributed by atoms with Crippen molar-refractivity contribution in [3.8, 4) is 22.1 Å². The number of amides is 1. The van der Waals surface area contributed by atoms with Crippen LogP contribution in [0.25, 0.3) is 11.1 Å². The predicted octanol–water partition coefficient (Wildman–Crippen LogP) is 3.55. The highest BCUT2D eigenvalue weighted by molar-refractivity contribution is 7.17. The predicted molar refractivity (Wildman–Crippen MR) is 127 cm³/mol. The third-order valence-corrected chi connectivity index (χ3v) is 5.59. The lowest BCUT2D eigenvalue weighted by atomic mass is 9.99. The quantitative estimate of drug-likeness (QED) is 0.374. The van der Waals surface area contributed by atoms with E-state index in [1.165, 1.54) is 18.5 Å². The van der Waals surface area contributed by atoms with Crippen LogP contribution in [0.4, 0.5) is 5.13 Å². The molecule has 4 aromatic heterocycles. The Kier molecular flexibility index (Phi) is 6.92. The van der Waals surface area contributed by atoms with E-state index in [1.807, 2.05) is 26.0 Å². The summed E-state index contributed by atoms with van der Waals surface area (Å²) in [6.07, 6.45) is 4.36. The molecule has 0 saturated heterocycles. The molecule has 12 heteroatoms. The maximum absolute atomic E-state index is 13.1. The normalized spacial score (nSPS) is 10.6. The van der Waals surface area contributed by atoms with Crippen LogP contribution in [0.15, 0.2) is 42.9 Å². The van der Waals surface area contributed by atoms with Gasteiger partial charge in [0.2, 0.25) is 5.13 Å². The van der Waals surface area contributed by atoms with Gasteiger partial charge in [0.15, 0.2) is 0 Å². The molecule has 0 spiro atoms. The van der Waals surface area contributed by atoms with Crippen LogP contribution in [-0.4, -0.2) is 49.2 Å². The van der Waals surface area contributed by atoms with Gasteiger partial charge in [-0.05, 0) is 49.4 Å². The van der Waals surface area contributed by atoms with E-state index < -0.39 is 11.9 Å². The SMILES string of the molecule is COc1cnc(C)cc1-c1cc(C)ncc1C(=O)Nc1nnc(OCc2ccc(C(=O)O)cn2)s1. The van der Waals surface area contributed by atoms with Gasteiger partial charge in [-0.25, -0.2) is 4.79 Å². The van der Waals surface area contributed by atoms with Gasteiger partial charge in [-0.1, -0.05) is 5.10 Å². The van der Waals surface area contributed by atoms with Crippen molar-refractivity contribution < 1.29 is 24.2 Å². The summed E-state index contributed by atoms with van der Waals surface area (Å²) < 4.78 is 11.0. The van der Waals surface area contributed by atoms with E-state index in [0.717, 1.165) is 28.3 Å². The number of methoxy groups -OCH3 is 1. The fraction of sp³-hybridized carbons (Fsp3) is 0.174. The second kappa shape index (κ2) is 10.2. The largest absolute Gasteiger partial charge is 0.494 e. The number of carbonyl (C=O) groups is 2. The number of pyridine rings is 3. The first kappa shape index (κ1) is 23.7. The Labute approximate surface area is 203 Å². The van der Waals surface area contributed by atoms with Crippen LogP contribution in [0.5, 0.6) is 10.9 Å². The van der Waals surface area contributed by atoms with Crippen molar-refractivity contribution in [1.29, 1.82) is 0 Å². The first-order valence-corrected chi connectivity index (χ1v) is 11.1. The van der Waals surface area contributed by atoms with Crippen LogP contribution >= 0.6 is 11.3 Å². The summed E-state index contributed by atoms with van der Waals surface area (Å²) in [5, 5.41) is 20.0. The number of carbonyl (C=O) groups excluding carboxylic acids is 1. The number of anilines is 1. The zero-order valence-corrected chi connectivity index (χ0v) is 19.8. The lowest BCUT2D eigenvalue weighted by Crippen LogP contribution is -2.14. The summed E-state index contributed by atoms with van der Waals surface area (Å²) in [4.78, 5) is 36.6. The highest BCUT2D eigenvalue weighted by atomic mass is 32.1. The van der Waals surface area contributed by atoms with Gasteiger partial charge < -0.3 is 14.6 Å². The first-order chi connectivity index (χ1) is 16.8. The van der Waals surface area contributed by atoms with Crippen molar-refractivity contribution in [3.05, 3.63) is 71.1 Å². The van der Waals surface area contributed by atoms with Gasteiger partial charge in [0, 0.05) is 34.9 Å². The lowest BCUT2D eigenvalue weighted by Gasteiger charge is -2.13. The second-order valence-electron chi connectivity index (χ2n) is 7.36. The fourth-order valence-electron chi connectivity index (χ4n) is 3.14. The summed E-state index contributed by atoms with van der Waals surface area (Å²) in [7, 11) is 1.54. The maximum Gasteiger partial charge on any atom is 0.337 e. The highest BCUT2D eigenvalue weighted by Gasteiger charge is 2.19. The van der Waals surface area contributed by atoms with Crippen LogP contribution in [0, 0.1) is 13.8 Å². The highest BCUT2D eigenvalue weighted by Crippen LogP contribution is 2.33. The number of carboxylic acid groups (broad SMARTS) is 1. The van der Waals surface area contributed by atoms with Gasteiger partial charge in [0.1, 0.15) is 12.4 Å². The molecule has 1 amide bonds. The smallest absolute Gasteiger partial charge is 0.337 e. The van der Waals surface area contributed by atoms with Crippen LogP contribution in [0.1, 0.15) is 37.8 Å². The summed E-state index contributed by atoms with van der Waals surface area (Å²) in [5.41, 5.74) is 3.82.